The van der Waals surface area contributed by atoms with Crippen LogP contribution in [0.2, 0.25) is 0 Å². The third-order valence-electron chi connectivity index (χ3n) is 4.97. The molecule has 3 aromatic rings. The summed E-state index contributed by atoms with van der Waals surface area (Å²) in [5.41, 5.74) is 3.75. The van der Waals surface area contributed by atoms with E-state index in [2.05, 4.69) is 15.2 Å². The molecule has 138 valence electrons. The SMILES string of the molecule is O=C(NCCN1CCCC1)c1cccc(-c2ccc(-c3cnco3)cc2)c1. The molecule has 0 unspecified atom stereocenters. The third kappa shape index (κ3) is 4.26. The molecule has 2 aromatic carbocycles. The first kappa shape index (κ1) is 17.5. The quantitative estimate of drug-likeness (QED) is 0.725. The molecule has 4 rings (SSSR count). The number of carbonyl (C=O) groups is 1. The zero-order valence-corrected chi connectivity index (χ0v) is 15.2. The molecule has 1 fully saturated rings. The molecule has 0 aliphatic carbocycles. The summed E-state index contributed by atoms with van der Waals surface area (Å²) >= 11 is 0. The van der Waals surface area contributed by atoms with Crippen LogP contribution in [0.25, 0.3) is 22.5 Å². The van der Waals surface area contributed by atoms with Crippen molar-refractivity contribution in [1.29, 1.82) is 0 Å². The summed E-state index contributed by atoms with van der Waals surface area (Å²) in [5.74, 6) is 0.724. The Balaban J connectivity index is 1.41. The molecule has 1 amide bonds. The second kappa shape index (κ2) is 8.18. The van der Waals surface area contributed by atoms with Gasteiger partial charge in [0, 0.05) is 24.2 Å². The van der Waals surface area contributed by atoms with Crippen LogP contribution in [0.5, 0.6) is 0 Å². The minimum absolute atomic E-state index is 0.0191. The van der Waals surface area contributed by atoms with Gasteiger partial charge in [-0.1, -0.05) is 36.4 Å². The Bertz CT molecular complexity index is 882. The average molecular weight is 361 g/mol. The number of carbonyl (C=O) groups excluding carboxylic acids is 1. The van der Waals surface area contributed by atoms with E-state index in [1.807, 2.05) is 48.5 Å². The van der Waals surface area contributed by atoms with Crippen molar-refractivity contribution in [3.63, 3.8) is 0 Å². The number of hydrogen-bond acceptors (Lipinski definition) is 4. The van der Waals surface area contributed by atoms with Crippen LogP contribution in [0.3, 0.4) is 0 Å². The second-order valence-electron chi connectivity index (χ2n) is 6.83. The molecule has 0 saturated carbocycles. The molecule has 0 atom stereocenters. The van der Waals surface area contributed by atoms with E-state index in [1.165, 1.54) is 19.2 Å². The summed E-state index contributed by atoms with van der Waals surface area (Å²) in [7, 11) is 0. The molecule has 0 radical (unpaired) electrons. The molecule has 0 bridgehead atoms. The first-order chi connectivity index (χ1) is 13.3. The van der Waals surface area contributed by atoms with E-state index in [0.717, 1.165) is 42.1 Å². The predicted molar refractivity (Wildman–Crippen MR) is 105 cm³/mol. The fraction of sp³-hybridized carbons (Fsp3) is 0.273. The van der Waals surface area contributed by atoms with E-state index in [9.17, 15) is 4.79 Å². The van der Waals surface area contributed by atoms with Gasteiger partial charge in [0.25, 0.3) is 5.91 Å². The summed E-state index contributed by atoms with van der Waals surface area (Å²) in [6.45, 7) is 3.91. The van der Waals surface area contributed by atoms with Crippen molar-refractivity contribution in [1.82, 2.24) is 15.2 Å². The molecule has 5 heteroatoms. The highest BCUT2D eigenvalue weighted by Crippen LogP contribution is 2.25. The maximum Gasteiger partial charge on any atom is 0.251 e. The van der Waals surface area contributed by atoms with Gasteiger partial charge in [0.2, 0.25) is 0 Å². The molecule has 1 aliphatic rings. The van der Waals surface area contributed by atoms with E-state index >= 15 is 0 Å². The van der Waals surface area contributed by atoms with Gasteiger partial charge in [-0.15, -0.1) is 0 Å². The second-order valence-corrected chi connectivity index (χ2v) is 6.83. The van der Waals surface area contributed by atoms with Crippen LogP contribution in [-0.2, 0) is 0 Å². The lowest BCUT2D eigenvalue weighted by Gasteiger charge is -2.14. The number of amides is 1. The van der Waals surface area contributed by atoms with E-state index in [4.69, 9.17) is 4.42 Å². The normalized spacial score (nSPS) is 14.4. The molecule has 1 aromatic heterocycles. The van der Waals surface area contributed by atoms with Crippen molar-refractivity contribution in [3.8, 4) is 22.5 Å². The maximum atomic E-state index is 12.5. The van der Waals surface area contributed by atoms with Crippen LogP contribution in [0.4, 0.5) is 0 Å². The number of aromatic nitrogens is 1. The lowest BCUT2D eigenvalue weighted by Crippen LogP contribution is -2.33. The van der Waals surface area contributed by atoms with Crippen LogP contribution in [0.15, 0.2) is 65.5 Å². The van der Waals surface area contributed by atoms with Gasteiger partial charge >= 0.3 is 0 Å². The van der Waals surface area contributed by atoms with E-state index < -0.39 is 0 Å². The van der Waals surface area contributed by atoms with Crippen molar-refractivity contribution in [3.05, 3.63) is 66.7 Å². The van der Waals surface area contributed by atoms with Gasteiger partial charge in [0.15, 0.2) is 12.2 Å². The standard InChI is InChI=1S/C22H23N3O2/c26-22(24-10-13-25-11-1-2-12-25)20-5-3-4-19(14-20)17-6-8-18(9-7-17)21-15-23-16-27-21/h3-9,14-16H,1-2,10-13H2,(H,24,26). The fourth-order valence-corrected chi connectivity index (χ4v) is 3.46. The summed E-state index contributed by atoms with van der Waals surface area (Å²) in [4.78, 5) is 18.8. The summed E-state index contributed by atoms with van der Waals surface area (Å²) in [5, 5.41) is 3.03. The number of nitrogens with zero attached hydrogens (tertiary/aromatic N) is 2. The highest BCUT2D eigenvalue weighted by molar-refractivity contribution is 5.95. The Kier molecular flexibility index (Phi) is 5.30. The number of nitrogens with one attached hydrogen (secondary N) is 1. The molecule has 2 heterocycles. The number of oxazole rings is 1. The largest absolute Gasteiger partial charge is 0.444 e. The van der Waals surface area contributed by atoms with Crippen molar-refractivity contribution in [2.75, 3.05) is 26.2 Å². The van der Waals surface area contributed by atoms with Crippen molar-refractivity contribution in [2.45, 2.75) is 12.8 Å². The number of benzene rings is 2. The Morgan fingerprint density at radius 3 is 2.56 bits per heavy atom. The van der Waals surface area contributed by atoms with Crippen LogP contribution in [0, 0.1) is 0 Å². The van der Waals surface area contributed by atoms with Gasteiger partial charge in [-0.3, -0.25) is 4.79 Å². The molecular formula is C22H23N3O2. The monoisotopic (exact) mass is 361 g/mol. The number of likely N-dealkylation sites (tertiary alicyclic amines) is 1. The van der Waals surface area contributed by atoms with Gasteiger partial charge in [-0.2, -0.15) is 0 Å². The van der Waals surface area contributed by atoms with Gasteiger partial charge in [-0.05, 0) is 49.2 Å². The van der Waals surface area contributed by atoms with Crippen molar-refractivity contribution >= 4 is 5.91 Å². The zero-order chi connectivity index (χ0) is 18.5. The first-order valence-electron chi connectivity index (χ1n) is 9.39. The van der Waals surface area contributed by atoms with E-state index in [-0.39, 0.29) is 5.91 Å². The van der Waals surface area contributed by atoms with Gasteiger partial charge in [0.1, 0.15) is 0 Å². The molecule has 1 aliphatic heterocycles. The van der Waals surface area contributed by atoms with Gasteiger partial charge in [0.05, 0.1) is 6.20 Å². The lowest BCUT2D eigenvalue weighted by atomic mass is 10.0. The van der Waals surface area contributed by atoms with E-state index in [1.54, 1.807) is 6.20 Å². The van der Waals surface area contributed by atoms with Crippen LogP contribution < -0.4 is 5.32 Å². The highest BCUT2D eigenvalue weighted by atomic mass is 16.3. The first-order valence-corrected chi connectivity index (χ1v) is 9.39. The molecule has 1 N–H and O–H groups in total. The Morgan fingerprint density at radius 1 is 1.04 bits per heavy atom. The lowest BCUT2D eigenvalue weighted by molar-refractivity contribution is 0.0950. The smallest absolute Gasteiger partial charge is 0.251 e. The zero-order valence-electron chi connectivity index (χ0n) is 15.2. The molecular weight excluding hydrogens is 338 g/mol. The Hall–Kier alpha value is -2.92. The average Bonchev–Trinajstić information content (AvgIpc) is 3.42. The topological polar surface area (TPSA) is 58.4 Å². The number of rotatable bonds is 6. The minimum atomic E-state index is -0.0191. The maximum absolute atomic E-state index is 12.5. The van der Waals surface area contributed by atoms with Gasteiger partial charge in [-0.25, -0.2) is 4.98 Å². The highest BCUT2D eigenvalue weighted by Gasteiger charge is 2.12. The van der Waals surface area contributed by atoms with Crippen molar-refractivity contribution in [2.24, 2.45) is 0 Å². The Morgan fingerprint density at radius 2 is 1.81 bits per heavy atom. The van der Waals surface area contributed by atoms with Crippen LogP contribution in [0.1, 0.15) is 23.2 Å². The fourth-order valence-electron chi connectivity index (χ4n) is 3.46. The minimum Gasteiger partial charge on any atom is -0.444 e. The van der Waals surface area contributed by atoms with Crippen molar-refractivity contribution < 1.29 is 9.21 Å². The molecule has 1 saturated heterocycles. The molecule has 5 nitrogen and oxygen atoms in total. The summed E-state index contributed by atoms with van der Waals surface area (Å²) < 4.78 is 5.32. The summed E-state index contributed by atoms with van der Waals surface area (Å²) in [6.07, 6.45) is 5.66. The van der Waals surface area contributed by atoms with Gasteiger partial charge < -0.3 is 14.6 Å². The van der Waals surface area contributed by atoms with E-state index in [0.29, 0.717) is 12.1 Å². The number of hydrogen-bond donors (Lipinski definition) is 1. The van der Waals surface area contributed by atoms with Crippen LogP contribution >= 0.6 is 0 Å². The summed E-state index contributed by atoms with van der Waals surface area (Å²) in [6, 6.07) is 15.8. The van der Waals surface area contributed by atoms with Crippen LogP contribution in [-0.4, -0.2) is 42.0 Å². The predicted octanol–water partition coefficient (Wildman–Crippen LogP) is 3.83. The Labute approximate surface area is 159 Å². The third-order valence-corrected chi connectivity index (χ3v) is 4.97. The molecule has 27 heavy (non-hydrogen) atoms. The molecule has 0 spiro atoms.